The molecule has 0 saturated carbocycles. The second-order valence-electron chi connectivity index (χ2n) is 8.47. The molecule has 1 amide bonds. The molecule has 4 rings (SSSR count). The highest BCUT2D eigenvalue weighted by atomic mass is 16.5. The third kappa shape index (κ3) is 4.78. The van der Waals surface area contributed by atoms with Crippen molar-refractivity contribution >= 4 is 11.7 Å². The first kappa shape index (κ1) is 22.3. The second-order valence-corrected chi connectivity index (χ2v) is 8.47. The maximum absolute atomic E-state index is 13.2. The number of hydrogen-bond acceptors (Lipinski definition) is 5. The van der Waals surface area contributed by atoms with Crippen LogP contribution in [-0.2, 0) is 24.1 Å². The lowest BCUT2D eigenvalue weighted by molar-refractivity contribution is 0.0844. The Morgan fingerprint density at radius 3 is 2.78 bits per heavy atom. The Morgan fingerprint density at radius 2 is 2.00 bits per heavy atom. The lowest BCUT2D eigenvalue weighted by Crippen LogP contribution is -2.41. The van der Waals surface area contributed by atoms with Crippen LogP contribution in [0.4, 0.5) is 5.82 Å². The SMILES string of the molecule is CCN(c1nccc2c1C/C=C/CCc1cc(C)[nH]c(=O)c1CNC2=O)C1CCOCC1. The summed E-state index contributed by atoms with van der Waals surface area (Å²) in [6, 6.07) is 4.15. The minimum atomic E-state index is -0.174. The summed E-state index contributed by atoms with van der Waals surface area (Å²) >= 11 is 0. The predicted octanol–water partition coefficient (Wildman–Crippen LogP) is 3.06. The monoisotopic (exact) mass is 436 g/mol. The van der Waals surface area contributed by atoms with Crippen LogP contribution in [0.15, 0.2) is 35.3 Å². The van der Waals surface area contributed by atoms with Gasteiger partial charge in [-0.2, -0.15) is 0 Å². The summed E-state index contributed by atoms with van der Waals surface area (Å²) in [6.07, 6.45) is 10.2. The van der Waals surface area contributed by atoms with Crippen LogP contribution < -0.4 is 15.8 Å². The topological polar surface area (TPSA) is 87.3 Å². The van der Waals surface area contributed by atoms with Crippen molar-refractivity contribution in [3.05, 3.63) is 68.8 Å². The number of aromatic nitrogens is 2. The van der Waals surface area contributed by atoms with Crippen LogP contribution in [0.1, 0.15) is 58.9 Å². The molecule has 0 aliphatic carbocycles. The molecule has 7 heteroatoms. The summed E-state index contributed by atoms with van der Waals surface area (Å²) in [5.74, 6) is 0.703. The summed E-state index contributed by atoms with van der Waals surface area (Å²) in [5.41, 5.74) is 3.89. The van der Waals surface area contributed by atoms with Crippen molar-refractivity contribution in [1.82, 2.24) is 15.3 Å². The Labute approximate surface area is 188 Å². The first-order chi connectivity index (χ1) is 15.6. The third-order valence-corrected chi connectivity index (χ3v) is 6.38. The molecule has 0 aromatic carbocycles. The van der Waals surface area contributed by atoms with Crippen LogP contribution in [0.25, 0.3) is 0 Å². The van der Waals surface area contributed by atoms with Crippen molar-refractivity contribution in [3.8, 4) is 0 Å². The number of H-pyrrole nitrogens is 1. The molecular weight excluding hydrogens is 404 g/mol. The molecule has 0 unspecified atom stereocenters. The van der Waals surface area contributed by atoms with Crippen LogP contribution >= 0.6 is 0 Å². The van der Waals surface area contributed by atoms with E-state index >= 15 is 0 Å². The quantitative estimate of drug-likeness (QED) is 0.722. The number of nitrogens with zero attached hydrogens (tertiary/aromatic N) is 2. The van der Waals surface area contributed by atoms with E-state index in [0.717, 1.165) is 68.1 Å². The molecule has 7 nitrogen and oxygen atoms in total. The van der Waals surface area contributed by atoms with Crippen LogP contribution in [0.5, 0.6) is 0 Å². The highest BCUT2D eigenvalue weighted by Crippen LogP contribution is 2.28. The highest BCUT2D eigenvalue weighted by molar-refractivity contribution is 5.96. The maximum atomic E-state index is 13.2. The van der Waals surface area contributed by atoms with E-state index in [1.807, 2.05) is 13.0 Å². The fraction of sp³-hybridized carbons (Fsp3) is 0.480. The molecular formula is C25H32N4O3. The van der Waals surface area contributed by atoms with Gasteiger partial charge in [-0.3, -0.25) is 9.59 Å². The van der Waals surface area contributed by atoms with Crippen molar-refractivity contribution in [3.63, 3.8) is 0 Å². The van der Waals surface area contributed by atoms with E-state index in [2.05, 4.69) is 34.3 Å². The van der Waals surface area contributed by atoms with Gasteiger partial charge in [0.2, 0.25) is 0 Å². The number of fused-ring (bicyclic) bond motifs is 2. The number of allylic oxidation sites excluding steroid dienone is 2. The standard InChI is InChI=1S/C25H32N4O3/c1-3-29(19-10-13-32-14-11-19)23-20-8-6-4-5-7-18-15-17(2)28-25(31)22(18)16-27-24(30)21(20)9-12-26-23/h4,6,9,12,15,19H,3,5,7-8,10-11,13-14,16H2,1-2H3,(H,27,30)(H,28,31)/b6-4+. The molecule has 2 aliphatic heterocycles. The normalized spacial score (nSPS) is 18.5. The molecule has 2 N–H and O–H groups in total. The number of ether oxygens (including phenoxy) is 1. The summed E-state index contributed by atoms with van der Waals surface area (Å²) in [4.78, 5) is 35.7. The van der Waals surface area contributed by atoms with Crippen molar-refractivity contribution in [1.29, 1.82) is 0 Å². The molecule has 0 radical (unpaired) electrons. The van der Waals surface area contributed by atoms with E-state index in [0.29, 0.717) is 23.6 Å². The Hall–Kier alpha value is -2.93. The number of hydrogen-bond donors (Lipinski definition) is 2. The number of pyridine rings is 2. The number of rotatable bonds is 3. The first-order valence-corrected chi connectivity index (χ1v) is 11.6. The van der Waals surface area contributed by atoms with Crippen molar-refractivity contribution in [2.45, 2.75) is 58.5 Å². The lowest BCUT2D eigenvalue weighted by atomic mass is 9.99. The zero-order valence-corrected chi connectivity index (χ0v) is 18.9. The summed E-state index contributed by atoms with van der Waals surface area (Å²) in [6.45, 7) is 6.56. The van der Waals surface area contributed by atoms with Gasteiger partial charge in [-0.15, -0.1) is 0 Å². The van der Waals surface area contributed by atoms with E-state index in [-0.39, 0.29) is 18.0 Å². The number of aromatic amines is 1. The van der Waals surface area contributed by atoms with Gasteiger partial charge in [0.1, 0.15) is 5.82 Å². The van der Waals surface area contributed by atoms with Crippen molar-refractivity contribution in [2.24, 2.45) is 0 Å². The van der Waals surface area contributed by atoms with Gasteiger partial charge >= 0.3 is 0 Å². The van der Waals surface area contributed by atoms with Crippen LogP contribution in [-0.4, -0.2) is 41.7 Å². The molecule has 1 fully saturated rings. The first-order valence-electron chi connectivity index (χ1n) is 11.6. The molecule has 2 aliphatic rings. The van der Waals surface area contributed by atoms with Gasteiger partial charge in [0.25, 0.3) is 11.5 Å². The molecule has 32 heavy (non-hydrogen) atoms. The minimum Gasteiger partial charge on any atom is -0.381 e. The summed E-state index contributed by atoms with van der Waals surface area (Å²) in [5, 5.41) is 2.99. The second kappa shape index (κ2) is 10.1. The Balaban J connectivity index is 1.70. The Kier molecular flexibility index (Phi) is 7.05. The molecule has 170 valence electrons. The van der Waals surface area contributed by atoms with Crippen molar-refractivity contribution in [2.75, 3.05) is 24.7 Å². The zero-order chi connectivity index (χ0) is 22.5. The number of carbonyl (C=O) groups is 1. The van der Waals surface area contributed by atoms with Gasteiger partial charge in [-0.1, -0.05) is 12.2 Å². The number of amides is 1. The zero-order valence-electron chi connectivity index (χ0n) is 18.9. The van der Waals surface area contributed by atoms with Gasteiger partial charge in [0, 0.05) is 60.9 Å². The van der Waals surface area contributed by atoms with Crippen molar-refractivity contribution < 1.29 is 9.53 Å². The third-order valence-electron chi connectivity index (χ3n) is 6.38. The number of aryl methyl sites for hydroxylation is 2. The fourth-order valence-electron chi connectivity index (χ4n) is 4.74. The molecule has 2 aromatic rings. The summed E-state index contributed by atoms with van der Waals surface area (Å²) < 4.78 is 5.55. The molecule has 4 heterocycles. The molecule has 0 bridgehead atoms. The van der Waals surface area contributed by atoms with Gasteiger partial charge in [0.05, 0.1) is 0 Å². The van der Waals surface area contributed by atoms with Gasteiger partial charge in [-0.05, 0) is 63.6 Å². The van der Waals surface area contributed by atoms with Gasteiger partial charge in [0.15, 0.2) is 0 Å². The van der Waals surface area contributed by atoms with E-state index in [1.54, 1.807) is 12.3 Å². The molecule has 2 aromatic heterocycles. The average molecular weight is 437 g/mol. The number of nitrogens with one attached hydrogen (secondary N) is 2. The summed E-state index contributed by atoms with van der Waals surface area (Å²) in [7, 11) is 0. The Morgan fingerprint density at radius 1 is 1.19 bits per heavy atom. The van der Waals surface area contributed by atoms with Crippen LogP contribution in [0.2, 0.25) is 0 Å². The smallest absolute Gasteiger partial charge is 0.253 e. The van der Waals surface area contributed by atoms with Gasteiger partial charge < -0.3 is 19.9 Å². The van der Waals surface area contributed by atoms with Crippen LogP contribution in [0, 0.1) is 6.92 Å². The Bertz CT molecular complexity index is 1050. The predicted molar refractivity (Wildman–Crippen MR) is 125 cm³/mol. The van der Waals surface area contributed by atoms with Gasteiger partial charge in [-0.25, -0.2) is 4.98 Å². The average Bonchev–Trinajstić information content (AvgIpc) is 2.79. The molecule has 0 spiro atoms. The van der Waals surface area contributed by atoms with Crippen LogP contribution in [0.3, 0.4) is 0 Å². The van der Waals surface area contributed by atoms with E-state index < -0.39 is 0 Å². The largest absolute Gasteiger partial charge is 0.381 e. The number of anilines is 1. The molecule has 1 saturated heterocycles. The fourth-order valence-corrected chi connectivity index (χ4v) is 4.74. The maximum Gasteiger partial charge on any atom is 0.253 e. The number of carbonyl (C=O) groups excluding carboxylic acids is 1. The molecule has 0 atom stereocenters. The van der Waals surface area contributed by atoms with E-state index in [4.69, 9.17) is 9.72 Å². The van der Waals surface area contributed by atoms with E-state index in [9.17, 15) is 9.59 Å². The van der Waals surface area contributed by atoms with E-state index in [1.165, 1.54) is 0 Å². The minimum absolute atomic E-state index is 0.131. The lowest BCUT2D eigenvalue weighted by Gasteiger charge is -2.35. The highest BCUT2D eigenvalue weighted by Gasteiger charge is 2.26.